The minimum atomic E-state index is -0.501. The van der Waals surface area contributed by atoms with Crippen LogP contribution in [0, 0.1) is 0 Å². The Balaban J connectivity index is 1.69. The number of benzene rings is 2. The predicted molar refractivity (Wildman–Crippen MR) is 114 cm³/mol. The van der Waals surface area contributed by atoms with E-state index in [0.29, 0.717) is 16.3 Å². The van der Waals surface area contributed by atoms with Gasteiger partial charge in [-0.3, -0.25) is 9.59 Å². The van der Waals surface area contributed by atoms with E-state index in [1.807, 2.05) is 18.2 Å². The molecule has 0 aliphatic carbocycles. The molecule has 0 bridgehead atoms. The van der Waals surface area contributed by atoms with Crippen LogP contribution in [-0.4, -0.2) is 30.9 Å². The van der Waals surface area contributed by atoms with Crippen LogP contribution >= 0.6 is 11.6 Å². The normalized spacial score (nSPS) is 15.0. The largest absolute Gasteiger partial charge is 0.372 e. The Bertz CT molecular complexity index is 848. The smallest absolute Gasteiger partial charge is 0.248 e. The zero-order chi connectivity index (χ0) is 20.1. The number of hydrogen-bond acceptors (Lipinski definition) is 4. The van der Waals surface area contributed by atoms with Gasteiger partial charge in [-0.2, -0.15) is 0 Å². The molecule has 2 amide bonds. The van der Waals surface area contributed by atoms with E-state index in [2.05, 4.69) is 15.5 Å². The highest BCUT2D eigenvalue weighted by Crippen LogP contribution is 2.31. The molecular formula is C21H25ClN4O2. The van der Waals surface area contributed by atoms with Crippen LogP contribution in [0.2, 0.25) is 5.02 Å². The first-order valence-electron chi connectivity index (χ1n) is 9.46. The summed E-state index contributed by atoms with van der Waals surface area (Å²) >= 11 is 6.19. The molecule has 0 saturated carbocycles. The van der Waals surface area contributed by atoms with Gasteiger partial charge in [-0.1, -0.05) is 11.6 Å². The topological polar surface area (TPSA) is 87.5 Å². The van der Waals surface area contributed by atoms with Crippen molar-refractivity contribution in [2.75, 3.05) is 28.6 Å². The number of anilines is 3. The van der Waals surface area contributed by atoms with Crippen molar-refractivity contribution in [1.82, 2.24) is 0 Å². The number of piperidine rings is 1. The van der Waals surface area contributed by atoms with E-state index in [4.69, 9.17) is 17.3 Å². The molecule has 4 N–H and O–H groups in total. The number of nitrogens with two attached hydrogens (primary N) is 1. The third kappa shape index (κ3) is 4.95. The Morgan fingerprint density at radius 3 is 2.39 bits per heavy atom. The minimum Gasteiger partial charge on any atom is -0.372 e. The van der Waals surface area contributed by atoms with Crippen molar-refractivity contribution in [2.24, 2.45) is 5.73 Å². The van der Waals surface area contributed by atoms with Crippen molar-refractivity contribution >= 4 is 40.5 Å². The van der Waals surface area contributed by atoms with Gasteiger partial charge in [-0.05, 0) is 68.7 Å². The van der Waals surface area contributed by atoms with Crippen LogP contribution in [-0.2, 0) is 4.79 Å². The number of hydrogen-bond donors (Lipinski definition) is 3. The zero-order valence-corrected chi connectivity index (χ0v) is 16.6. The van der Waals surface area contributed by atoms with Crippen LogP contribution in [0.25, 0.3) is 0 Å². The Hall–Kier alpha value is -2.73. The lowest BCUT2D eigenvalue weighted by Crippen LogP contribution is -2.34. The van der Waals surface area contributed by atoms with Gasteiger partial charge in [0.1, 0.15) is 6.04 Å². The van der Waals surface area contributed by atoms with Gasteiger partial charge in [-0.25, -0.2) is 0 Å². The fourth-order valence-corrected chi connectivity index (χ4v) is 3.47. The van der Waals surface area contributed by atoms with Crippen molar-refractivity contribution in [3.63, 3.8) is 0 Å². The van der Waals surface area contributed by atoms with Gasteiger partial charge in [0.25, 0.3) is 0 Å². The first kappa shape index (κ1) is 20.0. The number of nitrogens with zero attached hydrogens (tertiary/aromatic N) is 1. The molecule has 0 radical (unpaired) electrons. The van der Waals surface area contributed by atoms with Crippen molar-refractivity contribution in [3.05, 3.63) is 53.1 Å². The van der Waals surface area contributed by atoms with Gasteiger partial charge >= 0.3 is 0 Å². The summed E-state index contributed by atoms with van der Waals surface area (Å²) in [6.07, 6.45) is 3.58. The van der Waals surface area contributed by atoms with Crippen molar-refractivity contribution in [3.8, 4) is 0 Å². The quantitative estimate of drug-likeness (QED) is 0.686. The summed E-state index contributed by atoms with van der Waals surface area (Å²) in [6.45, 7) is 3.81. The second-order valence-electron chi connectivity index (χ2n) is 7.01. The number of rotatable bonds is 6. The number of nitrogens with one attached hydrogen (secondary N) is 2. The van der Waals surface area contributed by atoms with Crippen LogP contribution < -0.4 is 21.3 Å². The lowest BCUT2D eigenvalue weighted by Gasteiger charge is -2.31. The Morgan fingerprint density at radius 1 is 1.07 bits per heavy atom. The summed E-state index contributed by atoms with van der Waals surface area (Å²) in [6, 6.07) is 11.7. The average molecular weight is 401 g/mol. The number of amides is 2. The Morgan fingerprint density at radius 2 is 1.75 bits per heavy atom. The molecule has 28 heavy (non-hydrogen) atoms. The molecule has 2 aromatic rings. The molecule has 148 valence electrons. The summed E-state index contributed by atoms with van der Waals surface area (Å²) in [4.78, 5) is 26.1. The second-order valence-corrected chi connectivity index (χ2v) is 7.44. The van der Waals surface area contributed by atoms with Gasteiger partial charge in [0.05, 0.1) is 11.4 Å². The molecule has 6 nitrogen and oxygen atoms in total. The monoisotopic (exact) mass is 400 g/mol. The molecule has 1 fully saturated rings. The molecule has 3 rings (SSSR count). The molecular weight excluding hydrogens is 376 g/mol. The van der Waals surface area contributed by atoms with E-state index in [-0.39, 0.29) is 5.91 Å². The second kappa shape index (κ2) is 8.97. The van der Waals surface area contributed by atoms with E-state index in [1.165, 1.54) is 19.3 Å². The van der Waals surface area contributed by atoms with E-state index in [9.17, 15) is 9.59 Å². The highest BCUT2D eigenvalue weighted by atomic mass is 35.5. The predicted octanol–water partition coefficient (Wildman–Crippen LogP) is 3.87. The van der Waals surface area contributed by atoms with Crippen molar-refractivity contribution in [1.29, 1.82) is 0 Å². The summed E-state index contributed by atoms with van der Waals surface area (Å²) in [7, 11) is 0. The van der Waals surface area contributed by atoms with Crippen LogP contribution in [0.4, 0.5) is 17.1 Å². The fourth-order valence-electron chi connectivity index (χ4n) is 3.30. The molecule has 2 aromatic carbocycles. The van der Waals surface area contributed by atoms with Gasteiger partial charge < -0.3 is 21.3 Å². The van der Waals surface area contributed by atoms with Crippen molar-refractivity contribution in [2.45, 2.75) is 32.2 Å². The maximum atomic E-state index is 12.6. The standard InChI is InChI=1S/C21H25ClN4O2/c1-14(21(28)25-17-8-5-15(6-9-17)20(23)27)24-18-13-16(22)7-10-19(18)26-11-3-2-4-12-26/h5-10,13-14,24H,2-4,11-12H2,1H3,(H2,23,27)(H,25,28)/t14-/m1/s1. The number of carbonyl (C=O) groups is 2. The maximum Gasteiger partial charge on any atom is 0.248 e. The summed E-state index contributed by atoms with van der Waals surface area (Å²) in [5.41, 5.74) is 8.15. The average Bonchev–Trinajstić information content (AvgIpc) is 2.69. The van der Waals surface area contributed by atoms with Crippen molar-refractivity contribution < 1.29 is 9.59 Å². The Kier molecular flexibility index (Phi) is 6.41. The zero-order valence-electron chi connectivity index (χ0n) is 15.9. The molecule has 1 aliphatic heterocycles. The maximum absolute atomic E-state index is 12.6. The lowest BCUT2D eigenvalue weighted by atomic mass is 10.1. The molecule has 0 aromatic heterocycles. The number of primary amides is 1. The molecule has 0 spiro atoms. The van der Waals surface area contributed by atoms with Gasteiger partial charge in [0, 0.05) is 29.4 Å². The van der Waals surface area contributed by atoms with Crippen LogP contribution in [0.3, 0.4) is 0 Å². The summed E-state index contributed by atoms with van der Waals surface area (Å²) in [5, 5.41) is 6.75. The molecule has 7 heteroatoms. The third-order valence-corrected chi connectivity index (χ3v) is 5.09. The number of halogens is 1. The minimum absolute atomic E-state index is 0.184. The van der Waals surface area contributed by atoms with Crippen LogP contribution in [0.5, 0.6) is 0 Å². The first-order valence-corrected chi connectivity index (χ1v) is 9.83. The molecule has 1 saturated heterocycles. The van der Waals surface area contributed by atoms with Gasteiger partial charge in [0.2, 0.25) is 11.8 Å². The fraction of sp³-hybridized carbons (Fsp3) is 0.333. The van der Waals surface area contributed by atoms with E-state index >= 15 is 0 Å². The molecule has 1 atom stereocenters. The van der Waals surface area contributed by atoms with Gasteiger partial charge in [-0.15, -0.1) is 0 Å². The molecule has 0 unspecified atom stereocenters. The van der Waals surface area contributed by atoms with E-state index in [1.54, 1.807) is 31.2 Å². The van der Waals surface area contributed by atoms with E-state index in [0.717, 1.165) is 24.5 Å². The molecule has 1 aliphatic rings. The molecule has 1 heterocycles. The highest BCUT2D eigenvalue weighted by molar-refractivity contribution is 6.31. The SMILES string of the molecule is C[C@@H](Nc1cc(Cl)ccc1N1CCCCC1)C(=O)Nc1ccc(C(N)=O)cc1. The number of carbonyl (C=O) groups excluding carboxylic acids is 2. The summed E-state index contributed by atoms with van der Waals surface area (Å²) in [5.74, 6) is -0.685. The van der Waals surface area contributed by atoms with Gasteiger partial charge in [0.15, 0.2) is 0 Å². The van der Waals surface area contributed by atoms with Crippen LogP contribution in [0.1, 0.15) is 36.5 Å². The lowest BCUT2D eigenvalue weighted by molar-refractivity contribution is -0.116. The summed E-state index contributed by atoms with van der Waals surface area (Å²) < 4.78 is 0. The van der Waals surface area contributed by atoms with Crippen LogP contribution in [0.15, 0.2) is 42.5 Å². The first-order chi connectivity index (χ1) is 13.4. The van der Waals surface area contributed by atoms with E-state index < -0.39 is 11.9 Å². The third-order valence-electron chi connectivity index (χ3n) is 4.86. The highest BCUT2D eigenvalue weighted by Gasteiger charge is 2.19. The Labute approximate surface area is 170 Å².